The van der Waals surface area contributed by atoms with Gasteiger partial charge in [-0.1, -0.05) is 12.1 Å². The first-order valence-electron chi connectivity index (χ1n) is 10.9. The molecular weight excluding hydrogens is 471 g/mol. The quantitative estimate of drug-likeness (QED) is 0.297. The molecule has 0 spiro atoms. The van der Waals surface area contributed by atoms with Crippen molar-refractivity contribution in [3.05, 3.63) is 83.4 Å². The van der Waals surface area contributed by atoms with Crippen molar-refractivity contribution in [1.29, 1.82) is 0 Å². The number of anilines is 1. The topological polar surface area (TPSA) is 24.5 Å². The van der Waals surface area contributed by atoms with Crippen molar-refractivity contribution in [2.24, 2.45) is 5.92 Å². The molecule has 9 heteroatoms. The maximum atomic E-state index is 14.0. The third-order valence-electron chi connectivity index (χ3n) is 6.26. The molecular formula is C25H21F5N2OS. The van der Waals surface area contributed by atoms with Crippen LogP contribution in [0.1, 0.15) is 29.9 Å². The van der Waals surface area contributed by atoms with Crippen LogP contribution in [-0.2, 0) is 0 Å². The summed E-state index contributed by atoms with van der Waals surface area (Å²) in [5.41, 5.74) is 4.20. The number of piperidine rings is 1. The van der Waals surface area contributed by atoms with Gasteiger partial charge in [0.25, 0.3) is 0 Å². The fraction of sp³-hybridized carbons (Fsp3) is 0.280. The summed E-state index contributed by atoms with van der Waals surface area (Å²) < 4.78 is 74.2. The molecule has 1 atom stereocenters. The van der Waals surface area contributed by atoms with Crippen molar-refractivity contribution in [2.75, 3.05) is 17.8 Å². The highest BCUT2D eigenvalue weighted by atomic mass is 32.2. The van der Waals surface area contributed by atoms with Crippen LogP contribution in [0.2, 0.25) is 0 Å². The van der Waals surface area contributed by atoms with Crippen molar-refractivity contribution < 1.29 is 26.7 Å². The van der Waals surface area contributed by atoms with E-state index in [1.807, 2.05) is 12.1 Å². The molecule has 1 aliphatic carbocycles. The normalized spacial score (nSPS) is 18.4. The van der Waals surface area contributed by atoms with E-state index in [1.54, 1.807) is 0 Å². The number of nitrogens with one attached hydrogen (secondary N) is 1. The Morgan fingerprint density at radius 2 is 1.50 bits per heavy atom. The number of halogens is 5. The molecule has 3 aromatic rings. The first-order chi connectivity index (χ1) is 16.3. The summed E-state index contributed by atoms with van der Waals surface area (Å²) in [5, 5.41) is 0. The second kappa shape index (κ2) is 9.11. The van der Waals surface area contributed by atoms with Gasteiger partial charge in [0.2, 0.25) is 0 Å². The standard InChI is InChI=1S/C25H21F5N2OS/c26-16-3-9-20-22(12-16)23-13-17(27)4-10-21(23)24(20)15-2-1-11-32(14-15)34-31-18-5-7-19(8-6-18)33-25(28,29)30/h3-10,12-13,15,24,31H,1-2,11,14H2. The molecule has 5 rings (SSSR count). The molecule has 178 valence electrons. The Hall–Kier alpha value is -2.78. The molecule has 0 radical (unpaired) electrons. The lowest BCUT2D eigenvalue weighted by molar-refractivity contribution is -0.274. The number of alkyl halides is 3. The van der Waals surface area contributed by atoms with E-state index in [9.17, 15) is 22.0 Å². The number of rotatable bonds is 5. The van der Waals surface area contributed by atoms with Gasteiger partial charge in [0.1, 0.15) is 17.4 Å². The molecule has 1 fully saturated rings. The third kappa shape index (κ3) is 4.86. The van der Waals surface area contributed by atoms with E-state index in [4.69, 9.17) is 0 Å². The van der Waals surface area contributed by atoms with E-state index >= 15 is 0 Å². The largest absolute Gasteiger partial charge is 0.573 e. The maximum Gasteiger partial charge on any atom is 0.573 e. The minimum absolute atomic E-state index is 0.0494. The Kier molecular flexibility index (Phi) is 6.16. The molecule has 34 heavy (non-hydrogen) atoms. The van der Waals surface area contributed by atoms with Crippen LogP contribution in [0, 0.1) is 17.6 Å². The summed E-state index contributed by atoms with van der Waals surface area (Å²) in [6, 6.07) is 15.1. The van der Waals surface area contributed by atoms with Crippen molar-refractivity contribution in [2.45, 2.75) is 25.1 Å². The van der Waals surface area contributed by atoms with E-state index in [-0.39, 0.29) is 29.2 Å². The van der Waals surface area contributed by atoms with Crippen LogP contribution in [0.15, 0.2) is 60.7 Å². The maximum absolute atomic E-state index is 14.0. The molecule has 0 amide bonds. The molecule has 3 aromatic carbocycles. The van der Waals surface area contributed by atoms with Crippen LogP contribution >= 0.6 is 12.1 Å². The summed E-state index contributed by atoms with van der Waals surface area (Å²) >= 11 is 1.40. The Balaban J connectivity index is 1.29. The van der Waals surface area contributed by atoms with E-state index in [0.717, 1.165) is 48.2 Å². The smallest absolute Gasteiger partial charge is 0.406 e. The van der Waals surface area contributed by atoms with E-state index in [1.165, 1.54) is 60.7 Å². The highest BCUT2D eigenvalue weighted by Crippen LogP contribution is 2.50. The molecule has 3 nitrogen and oxygen atoms in total. The van der Waals surface area contributed by atoms with Gasteiger partial charge >= 0.3 is 6.36 Å². The van der Waals surface area contributed by atoms with Gasteiger partial charge in [-0.15, -0.1) is 13.2 Å². The summed E-state index contributed by atoms with van der Waals surface area (Å²) in [6.07, 6.45) is -2.78. The molecule has 2 aliphatic rings. The number of ether oxygens (including phenoxy) is 1. The van der Waals surface area contributed by atoms with E-state index in [2.05, 4.69) is 13.8 Å². The number of hydrogen-bond acceptors (Lipinski definition) is 4. The number of hydrogen-bond donors (Lipinski definition) is 1. The molecule has 0 aromatic heterocycles. The summed E-state index contributed by atoms with van der Waals surface area (Å²) in [5.74, 6) is -0.653. The molecule has 1 aliphatic heterocycles. The molecule has 0 saturated carbocycles. The fourth-order valence-corrected chi connectivity index (χ4v) is 5.77. The van der Waals surface area contributed by atoms with Gasteiger partial charge in [0, 0.05) is 36.8 Å². The Morgan fingerprint density at radius 1 is 0.882 bits per heavy atom. The molecule has 1 heterocycles. The van der Waals surface area contributed by atoms with Crippen LogP contribution in [0.25, 0.3) is 11.1 Å². The highest BCUT2D eigenvalue weighted by molar-refractivity contribution is 7.98. The molecule has 1 saturated heterocycles. The van der Waals surface area contributed by atoms with Gasteiger partial charge < -0.3 is 9.46 Å². The molecule has 1 unspecified atom stereocenters. The second-order valence-electron chi connectivity index (χ2n) is 8.50. The molecule has 0 bridgehead atoms. The highest BCUT2D eigenvalue weighted by Gasteiger charge is 2.37. The minimum atomic E-state index is -4.72. The third-order valence-corrected chi connectivity index (χ3v) is 7.18. The first-order valence-corrected chi connectivity index (χ1v) is 11.7. The lowest BCUT2D eigenvalue weighted by atomic mass is 9.80. The second-order valence-corrected chi connectivity index (χ2v) is 9.40. The van der Waals surface area contributed by atoms with Crippen LogP contribution in [0.3, 0.4) is 0 Å². The van der Waals surface area contributed by atoms with Crippen molar-refractivity contribution >= 4 is 17.8 Å². The van der Waals surface area contributed by atoms with E-state index in [0.29, 0.717) is 5.69 Å². The van der Waals surface area contributed by atoms with Gasteiger partial charge in [-0.3, -0.25) is 0 Å². The predicted octanol–water partition coefficient (Wildman–Crippen LogP) is 7.36. The van der Waals surface area contributed by atoms with Crippen molar-refractivity contribution in [3.8, 4) is 16.9 Å². The van der Waals surface area contributed by atoms with Crippen molar-refractivity contribution in [3.63, 3.8) is 0 Å². The van der Waals surface area contributed by atoms with Gasteiger partial charge in [-0.05, 0) is 89.5 Å². The van der Waals surface area contributed by atoms with Crippen LogP contribution in [0.4, 0.5) is 27.6 Å². The van der Waals surface area contributed by atoms with Gasteiger partial charge in [-0.25, -0.2) is 13.1 Å². The lowest BCUT2D eigenvalue weighted by Gasteiger charge is -2.35. The predicted molar refractivity (Wildman–Crippen MR) is 122 cm³/mol. The number of benzene rings is 3. The Labute approximate surface area is 198 Å². The van der Waals surface area contributed by atoms with Gasteiger partial charge in [-0.2, -0.15) is 0 Å². The lowest BCUT2D eigenvalue weighted by Crippen LogP contribution is -2.34. The fourth-order valence-electron chi connectivity index (χ4n) is 4.91. The van der Waals surface area contributed by atoms with E-state index < -0.39 is 6.36 Å². The monoisotopic (exact) mass is 492 g/mol. The van der Waals surface area contributed by atoms with Crippen molar-refractivity contribution in [1.82, 2.24) is 4.31 Å². The first kappa shape index (κ1) is 23.0. The Morgan fingerprint density at radius 3 is 2.09 bits per heavy atom. The van der Waals surface area contributed by atoms with Crippen LogP contribution in [-0.4, -0.2) is 23.8 Å². The zero-order valence-electron chi connectivity index (χ0n) is 17.9. The summed E-state index contributed by atoms with van der Waals surface area (Å²) in [4.78, 5) is 0. The average molecular weight is 493 g/mol. The zero-order chi connectivity index (χ0) is 23.9. The summed E-state index contributed by atoms with van der Waals surface area (Å²) in [6.45, 7) is 1.61. The van der Waals surface area contributed by atoms with Gasteiger partial charge in [0.15, 0.2) is 0 Å². The van der Waals surface area contributed by atoms with Gasteiger partial charge in [0.05, 0.1) is 0 Å². The number of fused-ring (bicyclic) bond motifs is 3. The summed E-state index contributed by atoms with van der Waals surface area (Å²) in [7, 11) is 0. The molecule has 1 N–H and O–H groups in total. The van der Waals surface area contributed by atoms with Crippen LogP contribution < -0.4 is 9.46 Å². The minimum Gasteiger partial charge on any atom is -0.406 e. The average Bonchev–Trinajstić information content (AvgIpc) is 3.10. The zero-order valence-corrected chi connectivity index (χ0v) is 18.7. The van der Waals surface area contributed by atoms with Crippen LogP contribution in [0.5, 0.6) is 5.75 Å². The number of nitrogens with zero attached hydrogens (tertiary/aromatic N) is 1. The Bertz CT molecular complexity index is 1130. The SMILES string of the molecule is Fc1ccc2c(c1)-c1cc(F)ccc1C2C1CCCN(SNc2ccc(OC(F)(F)F)cc2)C1.